The van der Waals surface area contributed by atoms with Crippen molar-refractivity contribution in [1.82, 2.24) is 10.2 Å². The molecule has 0 saturated carbocycles. The number of rotatable bonds is 6. The Bertz CT molecular complexity index is 307. The second-order valence-electron chi connectivity index (χ2n) is 7.69. The lowest BCUT2D eigenvalue weighted by molar-refractivity contribution is -0.138. The summed E-state index contributed by atoms with van der Waals surface area (Å²) < 4.78 is 5.97. The van der Waals surface area contributed by atoms with Crippen LogP contribution in [-0.4, -0.2) is 59.0 Å². The fourth-order valence-corrected chi connectivity index (χ4v) is 3.49. The Morgan fingerprint density at radius 1 is 1.40 bits per heavy atom. The van der Waals surface area contributed by atoms with Crippen LogP contribution in [0.1, 0.15) is 54.9 Å². The molecule has 0 aromatic carbocycles. The third-order valence-electron chi connectivity index (χ3n) is 3.95. The summed E-state index contributed by atoms with van der Waals surface area (Å²) in [6, 6.07) is 0.795. The zero-order valence-corrected chi connectivity index (χ0v) is 14.4. The van der Waals surface area contributed by atoms with Crippen molar-refractivity contribution in [2.75, 3.05) is 19.7 Å². The van der Waals surface area contributed by atoms with Crippen LogP contribution < -0.4 is 5.32 Å². The van der Waals surface area contributed by atoms with Crippen molar-refractivity contribution in [3.05, 3.63) is 0 Å². The Morgan fingerprint density at radius 2 is 2.00 bits per heavy atom. The molecule has 1 heterocycles. The first-order valence-corrected chi connectivity index (χ1v) is 7.87. The lowest BCUT2D eigenvalue weighted by Crippen LogP contribution is -2.58. The molecule has 3 unspecified atom stereocenters. The van der Waals surface area contributed by atoms with E-state index in [1.165, 1.54) is 0 Å². The average molecular weight is 286 g/mol. The third-order valence-corrected chi connectivity index (χ3v) is 3.95. The van der Waals surface area contributed by atoms with E-state index in [9.17, 15) is 5.11 Å². The van der Waals surface area contributed by atoms with E-state index in [0.29, 0.717) is 12.1 Å². The van der Waals surface area contributed by atoms with Crippen LogP contribution in [-0.2, 0) is 4.74 Å². The van der Waals surface area contributed by atoms with Crippen molar-refractivity contribution in [3.8, 4) is 0 Å². The van der Waals surface area contributed by atoms with Crippen molar-refractivity contribution >= 4 is 0 Å². The first-order valence-electron chi connectivity index (χ1n) is 7.87. The molecule has 1 rings (SSSR count). The molecule has 4 nitrogen and oxygen atoms in total. The van der Waals surface area contributed by atoms with Gasteiger partial charge in [0.1, 0.15) is 0 Å². The number of nitrogens with zero attached hydrogens (tertiary/aromatic N) is 1. The van der Waals surface area contributed by atoms with Crippen molar-refractivity contribution in [1.29, 1.82) is 0 Å². The molecule has 1 aliphatic rings. The molecule has 2 N–H and O–H groups in total. The molecule has 0 aromatic rings. The minimum absolute atomic E-state index is 0.0903. The monoisotopic (exact) mass is 286 g/mol. The van der Waals surface area contributed by atoms with Gasteiger partial charge in [-0.2, -0.15) is 0 Å². The van der Waals surface area contributed by atoms with E-state index in [0.717, 1.165) is 19.5 Å². The molecule has 1 saturated heterocycles. The third kappa shape index (κ3) is 5.32. The lowest BCUT2D eigenvalue weighted by atomic mass is 9.91. The van der Waals surface area contributed by atoms with Gasteiger partial charge in [0, 0.05) is 30.7 Å². The van der Waals surface area contributed by atoms with Gasteiger partial charge in [0.25, 0.3) is 0 Å². The normalized spacial score (nSPS) is 28.4. The van der Waals surface area contributed by atoms with Crippen molar-refractivity contribution in [3.63, 3.8) is 0 Å². The number of nitrogens with one attached hydrogen (secondary N) is 1. The van der Waals surface area contributed by atoms with Crippen LogP contribution in [0.4, 0.5) is 0 Å². The molecule has 4 heteroatoms. The maximum Gasteiger partial charge on any atom is 0.0757 e. The minimum Gasteiger partial charge on any atom is -0.394 e. The van der Waals surface area contributed by atoms with Gasteiger partial charge in [-0.1, -0.05) is 13.8 Å². The van der Waals surface area contributed by atoms with Gasteiger partial charge in [-0.25, -0.2) is 0 Å². The molecule has 120 valence electrons. The van der Waals surface area contributed by atoms with Gasteiger partial charge in [0.2, 0.25) is 0 Å². The minimum atomic E-state index is -0.223. The second-order valence-corrected chi connectivity index (χ2v) is 7.69. The van der Waals surface area contributed by atoms with E-state index < -0.39 is 0 Å². The Labute approximate surface area is 124 Å². The lowest BCUT2D eigenvalue weighted by Gasteiger charge is -2.46. The number of aliphatic hydroxyl groups excluding tert-OH is 1. The summed E-state index contributed by atoms with van der Waals surface area (Å²) >= 11 is 0. The molecule has 20 heavy (non-hydrogen) atoms. The van der Waals surface area contributed by atoms with E-state index in [1.807, 2.05) is 0 Å². The standard InChI is InChI=1S/C16H34N2O2/c1-12(2)17-16(7,11-19)8-13(3)18-9-14(4)20-15(5,6)10-18/h12-14,17,19H,8-11H2,1-7H3. The Hall–Kier alpha value is -0.160. The van der Waals surface area contributed by atoms with Crippen LogP contribution in [0.15, 0.2) is 0 Å². The predicted molar refractivity (Wildman–Crippen MR) is 84.0 cm³/mol. The molecular weight excluding hydrogens is 252 g/mol. The highest BCUT2D eigenvalue weighted by molar-refractivity contribution is 4.91. The van der Waals surface area contributed by atoms with Crippen LogP contribution >= 0.6 is 0 Å². The summed E-state index contributed by atoms with van der Waals surface area (Å²) in [5.41, 5.74) is -0.313. The summed E-state index contributed by atoms with van der Waals surface area (Å²) in [5.74, 6) is 0. The Kier molecular flexibility index (Phi) is 6.02. The molecule has 0 amide bonds. The van der Waals surface area contributed by atoms with Crippen molar-refractivity contribution in [2.45, 2.75) is 84.2 Å². The fraction of sp³-hybridized carbons (Fsp3) is 1.00. The summed E-state index contributed by atoms with van der Waals surface area (Å²) in [4.78, 5) is 2.49. The van der Waals surface area contributed by atoms with Crippen LogP contribution in [0.2, 0.25) is 0 Å². The van der Waals surface area contributed by atoms with Gasteiger partial charge in [-0.05, 0) is 41.0 Å². The van der Waals surface area contributed by atoms with E-state index >= 15 is 0 Å². The van der Waals surface area contributed by atoms with E-state index in [1.54, 1.807) is 0 Å². The van der Waals surface area contributed by atoms with Gasteiger partial charge in [0.05, 0.1) is 18.3 Å². The number of morpholine rings is 1. The number of aliphatic hydroxyl groups is 1. The van der Waals surface area contributed by atoms with Crippen LogP contribution in [0.5, 0.6) is 0 Å². The summed E-state index contributed by atoms with van der Waals surface area (Å²) in [6.07, 6.45) is 1.20. The SMILES string of the molecule is CC(C)NC(C)(CO)CC(C)N1CC(C)OC(C)(C)C1. The maximum absolute atomic E-state index is 9.73. The highest BCUT2D eigenvalue weighted by Crippen LogP contribution is 2.25. The quantitative estimate of drug-likeness (QED) is 0.784. The topological polar surface area (TPSA) is 44.7 Å². The van der Waals surface area contributed by atoms with E-state index in [4.69, 9.17) is 4.74 Å². The summed E-state index contributed by atoms with van der Waals surface area (Å²) in [5, 5.41) is 13.2. The summed E-state index contributed by atoms with van der Waals surface area (Å²) in [6.45, 7) is 17.1. The summed E-state index contributed by atoms with van der Waals surface area (Å²) in [7, 11) is 0. The van der Waals surface area contributed by atoms with Gasteiger partial charge in [0.15, 0.2) is 0 Å². The van der Waals surface area contributed by atoms with Crippen LogP contribution in [0, 0.1) is 0 Å². The van der Waals surface area contributed by atoms with Gasteiger partial charge < -0.3 is 15.2 Å². The number of hydrogen-bond donors (Lipinski definition) is 2. The zero-order valence-electron chi connectivity index (χ0n) is 14.4. The largest absolute Gasteiger partial charge is 0.394 e. The first kappa shape index (κ1) is 17.9. The molecule has 0 aromatic heterocycles. The Balaban J connectivity index is 2.66. The molecular formula is C16H34N2O2. The van der Waals surface area contributed by atoms with Crippen LogP contribution in [0.3, 0.4) is 0 Å². The molecule has 0 aliphatic carbocycles. The fourth-order valence-electron chi connectivity index (χ4n) is 3.49. The maximum atomic E-state index is 9.73. The van der Waals surface area contributed by atoms with Crippen molar-refractivity contribution in [2.24, 2.45) is 0 Å². The second kappa shape index (κ2) is 6.73. The van der Waals surface area contributed by atoms with Crippen LogP contribution in [0.25, 0.3) is 0 Å². The Morgan fingerprint density at radius 3 is 2.45 bits per heavy atom. The molecule has 1 aliphatic heterocycles. The van der Waals surface area contributed by atoms with Gasteiger partial charge in [-0.3, -0.25) is 4.90 Å². The smallest absolute Gasteiger partial charge is 0.0757 e. The average Bonchev–Trinajstić information content (AvgIpc) is 2.24. The highest BCUT2D eigenvalue weighted by Gasteiger charge is 2.36. The van der Waals surface area contributed by atoms with Gasteiger partial charge >= 0.3 is 0 Å². The van der Waals surface area contributed by atoms with E-state index in [2.05, 4.69) is 58.7 Å². The van der Waals surface area contributed by atoms with Crippen molar-refractivity contribution < 1.29 is 9.84 Å². The highest BCUT2D eigenvalue weighted by atomic mass is 16.5. The van der Waals surface area contributed by atoms with E-state index in [-0.39, 0.29) is 23.9 Å². The molecule has 0 radical (unpaired) electrons. The number of hydrogen-bond acceptors (Lipinski definition) is 4. The molecule has 3 atom stereocenters. The zero-order chi connectivity index (χ0) is 15.6. The molecule has 0 spiro atoms. The molecule has 0 bridgehead atoms. The molecule has 1 fully saturated rings. The predicted octanol–water partition coefficient (Wildman–Crippen LogP) is 2.01. The first-order chi connectivity index (χ1) is 9.07. The van der Waals surface area contributed by atoms with Gasteiger partial charge in [-0.15, -0.1) is 0 Å². The number of ether oxygens (including phenoxy) is 1.